The fraction of sp³-hybridized carbons (Fsp3) is 0.409. The van der Waals surface area contributed by atoms with Crippen molar-refractivity contribution in [1.29, 1.82) is 0 Å². The number of Topliss-reactive ketones (excluding diaryl/α,β-unsaturated/α-hetero) is 1. The van der Waals surface area contributed by atoms with Crippen LogP contribution in [0.15, 0.2) is 54.6 Å². The zero-order chi connectivity index (χ0) is 19.5. The van der Waals surface area contributed by atoms with Crippen LogP contribution in [-0.4, -0.2) is 17.3 Å². The van der Waals surface area contributed by atoms with E-state index >= 15 is 0 Å². The predicted octanol–water partition coefficient (Wildman–Crippen LogP) is 6.38. The third-order valence-electron chi connectivity index (χ3n) is 5.56. The molecule has 0 radical (unpaired) electrons. The highest BCUT2D eigenvalue weighted by atomic mass is 32.2. The van der Waals surface area contributed by atoms with Crippen molar-refractivity contribution in [3.8, 4) is 0 Å². The van der Waals surface area contributed by atoms with Gasteiger partial charge in [0.2, 0.25) is 0 Å². The van der Waals surface area contributed by atoms with Crippen LogP contribution in [0.4, 0.5) is 13.2 Å². The van der Waals surface area contributed by atoms with E-state index in [1.807, 2.05) is 13.0 Å². The highest BCUT2D eigenvalue weighted by Crippen LogP contribution is 2.46. The molecule has 1 aliphatic rings. The van der Waals surface area contributed by atoms with Gasteiger partial charge < -0.3 is 0 Å². The zero-order valence-electron chi connectivity index (χ0n) is 15.3. The maximum absolute atomic E-state index is 13.7. The van der Waals surface area contributed by atoms with E-state index in [0.717, 1.165) is 30.4 Å². The summed E-state index contributed by atoms with van der Waals surface area (Å²) in [6, 6.07) is 14.3. The van der Waals surface area contributed by atoms with Gasteiger partial charge in [0, 0.05) is 5.56 Å². The first-order valence-corrected chi connectivity index (χ1v) is 10.4. The number of benzene rings is 2. The molecular weight excluding hydrogens is 369 g/mol. The minimum Gasteiger partial charge on any atom is -0.293 e. The van der Waals surface area contributed by atoms with E-state index in [2.05, 4.69) is 0 Å². The summed E-state index contributed by atoms with van der Waals surface area (Å²) < 4.78 is 40.0. The molecule has 1 saturated heterocycles. The Balaban J connectivity index is 2.16. The molecule has 1 heterocycles. The van der Waals surface area contributed by atoms with Gasteiger partial charge in [-0.25, -0.2) is 0 Å². The molecule has 5 heteroatoms. The number of carbonyl (C=O) groups excluding carboxylic acids is 1. The summed E-state index contributed by atoms with van der Waals surface area (Å²) in [5.74, 6) is 1.79. The Morgan fingerprint density at radius 1 is 1.07 bits per heavy atom. The van der Waals surface area contributed by atoms with Crippen molar-refractivity contribution in [2.75, 3.05) is 11.5 Å². The lowest BCUT2D eigenvalue weighted by molar-refractivity contribution is -0.137. The van der Waals surface area contributed by atoms with Crippen molar-refractivity contribution < 1.29 is 18.0 Å². The van der Waals surface area contributed by atoms with Crippen LogP contribution in [0.25, 0.3) is 0 Å². The number of alkyl halides is 3. The standard InChI is InChI=1S/C22H23F3OS/c1-2-21(19-12-7-13-27-15-19,20(26)16-8-4-3-5-9-16)17-10-6-11-18(14-17)22(23,24)25/h3-6,8-11,14,19H,2,7,12-13,15H2,1H3. The van der Waals surface area contributed by atoms with E-state index in [9.17, 15) is 18.0 Å². The van der Waals surface area contributed by atoms with Crippen LogP contribution in [0.3, 0.4) is 0 Å². The molecule has 0 aromatic heterocycles. The SMILES string of the molecule is CCC(C(=O)c1ccccc1)(c1cccc(C(F)(F)F)c1)C1CCCSC1. The molecule has 0 bridgehead atoms. The lowest BCUT2D eigenvalue weighted by atomic mass is 9.63. The quantitative estimate of drug-likeness (QED) is 0.549. The molecule has 2 aromatic carbocycles. The third-order valence-corrected chi connectivity index (χ3v) is 6.78. The Morgan fingerprint density at radius 3 is 2.37 bits per heavy atom. The van der Waals surface area contributed by atoms with Crippen molar-refractivity contribution in [2.24, 2.45) is 5.92 Å². The molecule has 2 aromatic rings. The topological polar surface area (TPSA) is 17.1 Å². The lowest BCUT2D eigenvalue weighted by Gasteiger charge is -2.41. The summed E-state index contributed by atoms with van der Waals surface area (Å²) in [4.78, 5) is 13.7. The Morgan fingerprint density at radius 2 is 1.78 bits per heavy atom. The van der Waals surface area contributed by atoms with E-state index in [4.69, 9.17) is 0 Å². The molecule has 144 valence electrons. The number of hydrogen-bond donors (Lipinski definition) is 0. The molecular formula is C22H23F3OS. The van der Waals surface area contributed by atoms with E-state index < -0.39 is 17.2 Å². The second-order valence-corrected chi connectivity index (χ2v) is 8.16. The zero-order valence-corrected chi connectivity index (χ0v) is 16.1. The van der Waals surface area contributed by atoms with Crippen LogP contribution < -0.4 is 0 Å². The summed E-state index contributed by atoms with van der Waals surface area (Å²) in [6.07, 6.45) is -2.10. The summed E-state index contributed by atoms with van der Waals surface area (Å²) in [7, 11) is 0. The van der Waals surface area contributed by atoms with Gasteiger partial charge in [-0.1, -0.05) is 55.5 Å². The van der Waals surface area contributed by atoms with E-state index in [0.29, 0.717) is 17.5 Å². The Bertz CT molecular complexity index is 782. The van der Waals surface area contributed by atoms with Crippen LogP contribution in [0.1, 0.15) is 47.7 Å². The number of hydrogen-bond acceptors (Lipinski definition) is 2. The third kappa shape index (κ3) is 3.93. The van der Waals surface area contributed by atoms with Gasteiger partial charge in [-0.15, -0.1) is 0 Å². The Hall–Kier alpha value is -1.75. The second kappa shape index (κ2) is 8.09. The molecule has 0 aliphatic carbocycles. The normalized spacial score (nSPS) is 20.1. The van der Waals surface area contributed by atoms with Gasteiger partial charge in [0.1, 0.15) is 0 Å². The maximum Gasteiger partial charge on any atom is 0.416 e. The Labute approximate surface area is 162 Å². The monoisotopic (exact) mass is 392 g/mol. The molecule has 0 amide bonds. The summed E-state index contributed by atoms with van der Waals surface area (Å²) in [6.45, 7) is 1.92. The molecule has 27 heavy (non-hydrogen) atoms. The van der Waals surface area contributed by atoms with E-state index in [-0.39, 0.29) is 11.7 Å². The van der Waals surface area contributed by atoms with Crippen molar-refractivity contribution in [2.45, 2.75) is 37.8 Å². The van der Waals surface area contributed by atoms with Crippen molar-refractivity contribution >= 4 is 17.5 Å². The van der Waals surface area contributed by atoms with Crippen LogP contribution in [0, 0.1) is 5.92 Å². The van der Waals surface area contributed by atoms with E-state index in [1.165, 1.54) is 12.1 Å². The van der Waals surface area contributed by atoms with Gasteiger partial charge in [0.15, 0.2) is 5.78 Å². The van der Waals surface area contributed by atoms with Gasteiger partial charge in [-0.05, 0) is 48.3 Å². The van der Waals surface area contributed by atoms with Gasteiger partial charge >= 0.3 is 6.18 Å². The van der Waals surface area contributed by atoms with Gasteiger partial charge in [0.25, 0.3) is 0 Å². The fourth-order valence-electron chi connectivity index (χ4n) is 4.16. The highest BCUT2D eigenvalue weighted by Gasteiger charge is 2.46. The van der Waals surface area contributed by atoms with Gasteiger partial charge in [-0.2, -0.15) is 24.9 Å². The second-order valence-electron chi connectivity index (χ2n) is 7.01. The Kier molecular flexibility index (Phi) is 5.99. The predicted molar refractivity (Wildman–Crippen MR) is 104 cm³/mol. The first-order valence-electron chi connectivity index (χ1n) is 9.25. The maximum atomic E-state index is 13.7. The molecule has 2 unspecified atom stereocenters. The highest BCUT2D eigenvalue weighted by molar-refractivity contribution is 7.99. The average Bonchev–Trinajstić information content (AvgIpc) is 2.70. The van der Waals surface area contributed by atoms with Crippen molar-refractivity contribution in [1.82, 2.24) is 0 Å². The molecule has 1 fully saturated rings. The van der Waals surface area contributed by atoms with Crippen molar-refractivity contribution in [3.63, 3.8) is 0 Å². The number of thioether (sulfide) groups is 1. The van der Waals surface area contributed by atoms with Crippen LogP contribution >= 0.6 is 11.8 Å². The minimum absolute atomic E-state index is 0.0254. The molecule has 0 spiro atoms. The summed E-state index contributed by atoms with van der Waals surface area (Å²) in [5, 5.41) is 0. The number of carbonyl (C=O) groups is 1. The fourth-order valence-corrected chi connectivity index (χ4v) is 5.43. The summed E-state index contributed by atoms with van der Waals surface area (Å²) in [5.41, 5.74) is -0.577. The summed E-state index contributed by atoms with van der Waals surface area (Å²) >= 11 is 1.79. The van der Waals surface area contributed by atoms with E-state index in [1.54, 1.807) is 42.1 Å². The van der Waals surface area contributed by atoms with Crippen LogP contribution in [0.2, 0.25) is 0 Å². The van der Waals surface area contributed by atoms with Crippen molar-refractivity contribution in [3.05, 3.63) is 71.3 Å². The molecule has 3 rings (SSSR count). The molecule has 1 aliphatic heterocycles. The minimum atomic E-state index is -4.42. The number of ketones is 1. The van der Waals surface area contributed by atoms with Crippen LogP contribution in [0.5, 0.6) is 0 Å². The van der Waals surface area contributed by atoms with Gasteiger partial charge in [-0.3, -0.25) is 4.79 Å². The average molecular weight is 392 g/mol. The number of halogens is 3. The molecule has 0 saturated carbocycles. The smallest absolute Gasteiger partial charge is 0.293 e. The van der Waals surface area contributed by atoms with Crippen LogP contribution in [-0.2, 0) is 11.6 Å². The van der Waals surface area contributed by atoms with Gasteiger partial charge in [0.05, 0.1) is 11.0 Å². The molecule has 1 nitrogen and oxygen atoms in total. The number of rotatable bonds is 5. The molecule has 0 N–H and O–H groups in total. The lowest BCUT2D eigenvalue weighted by Crippen LogP contribution is -2.45. The largest absolute Gasteiger partial charge is 0.416 e. The first-order chi connectivity index (χ1) is 12.9. The first kappa shape index (κ1) is 20.0. The molecule has 2 atom stereocenters.